The third kappa shape index (κ3) is 3.73. The van der Waals surface area contributed by atoms with E-state index in [0.29, 0.717) is 10.6 Å². The van der Waals surface area contributed by atoms with Gasteiger partial charge in [-0.2, -0.15) is 5.26 Å². The standard InChI is InChI=1S/C12H8ClN3O3S/c13-9-4-2-1-3-8(9)11-15-16-12(19-11)20-7-10(17)18-6-5-14/h1-4H,6-7H2. The van der Waals surface area contributed by atoms with E-state index in [1.165, 1.54) is 0 Å². The minimum atomic E-state index is -0.519. The fraction of sp³-hybridized carbons (Fsp3) is 0.167. The zero-order chi connectivity index (χ0) is 14.4. The summed E-state index contributed by atoms with van der Waals surface area (Å²) in [4.78, 5) is 11.2. The van der Waals surface area contributed by atoms with Crippen LogP contribution in [0.1, 0.15) is 0 Å². The Morgan fingerprint density at radius 2 is 2.25 bits per heavy atom. The largest absolute Gasteiger partial charge is 0.450 e. The summed E-state index contributed by atoms with van der Waals surface area (Å²) in [6.45, 7) is -0.270. The molecule has 0 N–H and O–H groups in total. The molecule has 0 aliphatic carbocycles. The Balaban J connectivity index is 1.98. The predicted molar refractivity (Wildman–Crippen MR) is 72.0 cm³/mol. The van der Waals surface area contributed by atoms with Crippen LogP contribution in [0.15, 0.2) is 33.9 Å². The van der Waals surface area contributed by atoms with E-state index in [2.05, 4.69) is 14.9 Å². The summed E-state index contributed by atoms with van der Waals surface area (Å²) >= 11 is 7.05. The van der Waals surface area contributed by atoms with Gasteiger partial charge in [-0.3, -0.25) is 4.79 Å². The van der Waals surface area contributed by atoms with Gasteiger partial charge < -0.3 is 9.15 Å². The number of rotatable bonds is 5. The van der Waals surface area contributed by atoms with E-state index in [1.807, 2.05) is 0 Å². The molecule has 8 heteroatoms. The number of halogens is 1. The van der Waals surface area contributed by atoms with Crippen molar-refractivity contribution in [3.63, 3.8) is 0 Å². The Bertz CT molecular complexity index is 653. The highest BCUT2D eigenvalue weighted by atomic mass is 35.5. The van der Waals surface area contributed by atoms with Gasteiger partial charge in [0.1, 0.15) is 11.8 Å². The van der Waals surface area contributed by atoms with E-state index < -0.39 is 5.97 Å². The predicted octanol–water partition coefficient (Wildman–Crippen LogP) is 2.55. The molecule has 102 valence electrons. The number of aromatic nitrogens is 2. The van der Waals surface area contributed by atoms with E-state index in [0.717, 1.165) is 11.8 Å². The maximum Gasteiger partial charge on any atom is 0.317 e. The fourth-order valence-corrected chi connectivity index (χ4v) is 2.06. The van der Waals surface area contributed by atoms with Gasteiger partial charge in [0.05, 0.1) is 10.6 Å². The van der Waals surface area contributed by atoms with Crippen molar-refractivity contribution in [3.05, 3.63) is 29.3 Å². The molecule has 1 aromatic heterocycles. The third-order valence-electron chi connectivity index (χ3n) is 2.12. The first-order valence-electron chi connectivity index (χ1n) is 5.44. The summed E-state index contributed by atoms with van der Waals surface area (Å²) in [5.74, 6) is -0.246. The first-order valence-corrected chi connectivity index (χ1v) is 6.81. The van der Waals surface area contributed by atoms with Crippen molar-refractivity contribution < 1.29 is 13.9 Å². The Morgan fingerprint density at radius 1 is 1.45 bits per heavy atom. The highest BCUT2D eigenvalue weighted by Gasteiger charge is 2.13. The number of benzene rings is 1. The number of nitriles is 1. The van der Waals surface area contributed by atoms with Gasteiger partial charge in [0.15, 0.2) is 6.61 Å². The van der Waals surface area contributed by atoms with Crippen LogP contribution in [0.2, 0.25) is 5.02 Å². The summed E-state index contributed by atoms with van der Waals surface area (Å²) in [5.41, 5.74) is 0.626. The minimum Gasteiger partial charge on any atom is -0.450 e. The van der Waals surface area contributed by atoms with Crippen molar-refractivity contribution >= 4 is 29.3 Å². The maximum atomic E-state index is 11.2. The molecule has 0 unspecified atom stereocenters. The molecule has 0 atom stereocenters. The SMILES string of the molecule is N#CCOC(=O)CSc1nnc(-c2ccccc2Cl)o1. The molecule has 2 aromatic rings. The smallest absolute Gasteiger partial charge is 0.317 e. The highest BCUT2D eigenvalue weighted by Crippen LogP contribution is 2.28. The molecular weight excluding hydrogens is 302 g/mol. The number of ether oxygens (including phenoxy) is 1. The molecule has 1 aromatic carbocycles. The monoisotopic (exact) mass is 309 g/mol. The Kier molecular flexibility index (Phi) is 4.98. The first kappa shape index (κ1) is 14.4. The maximum absolute atomic E-state index is 11.2. The summed E-state index contributed by atoms with van der Waals surface area (Å²) < 4.78 is 9.98. The zero-order valence-corrected chi connectivity index (χ0v) is 11.6. The summed E-state index contributed by atoms with van der Waals surface area (Å²) in [6.07, 6.45) is 0. The number of nitrogens with zero attached hydrogens (tertiary/aromatic N) is 3. The Hall–Kier alpha value is -2.04. The third-order valence-corrected chi connectivity index (χ3v) is 3.24. The van der Waals surface area contributed by atoms with Gasteiger partial charge in [0, 0.05) is 0 Å². The molecule has 0 amide bonds. The molecular formula is C12H8ClN3O3S. The molecule has 0 spiro atoms. The number of carbonyl (C=O) groups is 1. The van der Waals surface area contributed by atoms with Crippen molar-refractivity contribution in [3.8, 4) is 17.5 Å². The molecule has 0 saturated carbocycles. The van der Waals surface area contributed by atoms with Gasteiger partial charge >= 0.3 is 5.97 Å². The molecule has 6 nitrogen and oxygen atoms in total. The number of hydrogen-bond acceptors (Lipinski definition) is 7. The second kappa shape index (κ2) is 6.93. The quantitative estimate of drug-likeness (QED) is 0.619. The topological polar surface area (TPSA) is 89.0 Å². The van der Waals surface area contributed by atoms with Crippen molar-refractivity contribution in [2.75, 3.05) is 12.4 Å². The second-order valence-corrected chi connectivity index (χ2v) is 4.79. The normalized spacial score (nSPS) is 10.0. The minimum absolute atomic E-state index is 0.00810. The van der Waals surface area contributed by atoms with Crippen molar-refractivity contribution in [1.82, 2.24) is 10.2 Å². The average molecular weight is 310 g/mol. The fourth-order valence-electron chi connectivity index (χ4n) is 1.29. The van der Waals surface area contributed by atoms with Crippen molar-refractivity contribution in [2.24, 2.45) is 0 Å². The van der Waals surface area contributed by atoms with Gasteiger partial charge in [0.25, 0.3) is 5.22 Å². The van der Waals surface area contributed by atoms with E-state index in [1.54, 1.807) is 30.3 Å². The van der Waals surface area contributed by atoms with Crippen LogP contribution in [-0.4, -0.2) is 28.5 Å². The molecule has 0 radical (unpaired) electrons. The summed E-state index contributed by atoms with van der Waals surface area (Å²) in [7, 11) is 0. The van der Waals surface area contributed by atoms with Crippen molar-refractivity contribution in [1.29, 1.82) is 5.26 Å². The van der Waals surface area contributed by atoms with Gasteiger partial charge in [-0.25, -0.2) is 0 Å². The molecule has 0 bridgehead atoms. The molecule has 0 aliphatic rings. The van der Waals surface area contributed by atoms with Crippen LogP contribution in [0.25, 0.3) is 11.5 Å². The molecule has 0 fully saturated rings. The number of thioether (sulfide) groups is 1. The van der Waals surface area contributed by atoms with E-state index in [4.69, 9.17) is 21.3 Å². The van der Waals surface area contributed by atoms with Gasteiger partial charge in [0.2, 0.25) is 5.89 Å². The van der Waals surface area contributed by atoms with E-state index in [9.17, 15) is 4.79 Å². The molecule has 0 saturated heterocycles. The van der Waals surface area contributed by atoms with Gasteiger partial charge in [-0.05, 0) is 12.1 Å². The van der Waals surface area contributed by atoms with Crippen LogP contribution in [0, 0.1) is 11.3 Å². The van der Waals surface area contributed by atoms with Gasteiger partial charge in [-0.1, -0.05) is 35.5 Å². The Morgan fingerprint density at radius 3 is 3.00 bits per heavy atom. The Labute approximate surface area is 123 Å². The lowest BCUT2D eigenvalue weighted by Crippen LogP contribution is -2.07. The summed E-state index contributed by atoms with van der Waals surface area (Å²) in [5, 5.41) is 16.7. The van der Waals surface area contributed by atoms with Crippen LogP contribution in [0.4, 0.5) is 0 Å². The second-order valence-electron chi connectivity index (χ2n) is 3.46. The molecule has 20 heavy (non-hydrogen) atoms. The molecule has 0 aliphatic heterocycles. The van der Waals surface area contributed by atoms with Crippen LogP contribution < -0.4 is 0 Å². The number of hydrogen-bond donors (Lipinski definition) is 0. The van der Waals surface area contributed by atoms with Gasteiger partial charge in [-0.15, -0.1) is 10.2 Å². The van der Waals surface area contributed by atoms with Crippen molar-refractivity contribution in [2.45, 2.75) is 5.22 Å². The highest BCUT2D eigenvalue weighted by molar-refractivity contribution is 7.99. The van der Waals surface area contributed by atoms with Crippen LogP contribution in [0.3, 0.4) is 0 Å². The van der Waals surface area contributed by atoms with E-state index >= 15 is 0 Å². The average Bonchev–Trinajstić information content (AvgIpc) is 2.92. The number of esters is 1. The first-order chi connectivity index (χ1) is 9.70. The lowest BCUT2D eigenvalue weighted by molar-refractivity contribution is -0.139. The molecule has 1 heterocycles. The lowest BCUT2D eigenvalue weighted by atomic mass is 10.2. The molecule has 2 rings (SSSR count). The van der Waals surface area contributed by atoms with E-state index in [-0.39, 0.29) is 23.5 Å². The lowest BCUT2D eigenvalue weighted by Gasteiger charge is -1.98. The zero-order valence-electron chi connectivity index (χ0n) is 10.1. The van der Waals surface area contributed by atoms with Crippen LogP contribution >= 0.6 is 23.4 Å². The van der Waals surface area contributed by atoms with Crippen LogP contribution in [0.5, 0.6) is 0 Å². The number of carbonyl (C=O) groups excluding carboxylic acids is 1. The van der Waals surface area contributed by atoms with Crippen LogP contribution in [-0.2, 0) is 9.53 Å². The summed E-state index contributed by atoms with van der Waals surface area (Å²) in [6, 6.07) is 8.78.